The molecule has 0 aromatic carbocycles. The van der Waals surface area contributed by atoms with E-state index in [-0.39, 0.29) is 25.8 Å². The van der Waals surface area contributed by atoms with Gasteiger partial charge < -0.3 is 27.9 Å². The van der Waals surface area contributed by atoms with Crippen molar-refractivity contribution in [3.63, 3.8) is 0 Å². The number of esters is 1. The first kappa shape index (κ1) is 61.7. The van der Waals surface area contributed by atoms with Gasteiger partial charge in [0.25, 0.3) is 7.82 Å². The van der Waals surface area contributed by atoms with Crippen molar-refractivity contribution in [3.05, 3.63) is 36.5 Å². The summed E-state index contributed by atoms with van der Waals surface area (Å²) in [6.45, 7) is 5.34. The number of unbranched alkanes of at least 4 members (excludes halogenated alkanes) is 30. The van der Waals surface area contributed by atoms with Crippen molar-refractivity contribution < 1.29 is 37.3 Å². The Kier molecular flexibility index (Phi) is 46.3. The van der Waals surface area contributed by atoms with Gasteiger partial charge in [-0.3, -0.25) is 9.36 Å². The van der Waals surface area contributed by atoms with Gasteiger partial charge in [-0.25, -0.2) is 0 Å². The third-order valence-corrected chi connectivity index (χ3v) is 12.7. The monoisotopic (exact) mass is 910 g/mol. The lowest BCUT2D eigenvalue weighted by Gasteiger charge is -2.28. The molecule has 0 aliphatic carbocycles. The molecule has 63 heavy (non-hydrogen) atoms. The van der Waals surface area contributed by atoms with Gasteiger partial charge >= 0.3 is 5.97 Å². The highest BCUT2D eigenvalue weighted by molar-refractivity contribution is 7.45. The zero-order valence-electron chi connectivity index (χ0n) is 42.3. The number of quaternary nitrogens is 1. The molecule has 0 saturated heterocycles. The summed E-state index contributed by atoms with van der Waals surface area (Å²) in [5, 5.41) is 0. The Morgan fingerprint density at radius 1 is 0.508 bits per heavy atom. The number of ether oxygens (including phenoxy) is 2. The molecule has 0 spiro atoms. The number of carbonyl (C=O) groups excluding carboxylic acids is 1. The summed E-state index contributed by atoms with van der Waals surface area (Å²) in [7, 11) is 1.36. The third kappa shape index (κ3) is 51.6. The second-order valence-electron chi connectivity index (χ2n) is 19.2. The number of nitrogens with zero attached hydrogens (tertiary/aromatic N) is 1. The van der Waals surface area contributed by atoms with E-state index in [4.69, 9.17) is 18.5 Å². The van der Waals surface area contributed by atoms with E-state index in [2.05, 4.69) is 50.3 Å². The molecule has 0 aliphatic heterocycles. The topological polar surface area (TPSA) is 94.1 Å². The molecule has 0 amide bonds. The molecule has 0 rings (SSSR count). The van der Waals surface area contributed by atoms with E-state index in [1.165, 1.54) is 167 Å². The second-order valence-corrected chi connectivity index (χ2v) is 20.6. The predicted octanol–water partition coefficient (Wildman–Crippen LogP) is 15.9. The maximum atomic E-state index is 12.7. The molecule has 0 saturated carbocycles. The van der Waals surface area contributed by atoms with Crippen LogP contribution >= 0.6 is 7.82 Å². The van der Waals surface area contributed by atoms with Gasteiger partial charge in [0.2, 0.25) is 0 Å². The van der Waals surface area contributed by atoms with Crippen molar-refractivity contribution in [2.75, 3.05) is 54.1 Å². The van der Waals surface area contributed by atoms with Gasteiger partial charge in [-0.1, -0.05) is 230 Å². The number of hydrogen-bond acceptors (Lipinski definition) is 7. The van der Waals surface area contributed by atoms with E-state index >= 15 is 0 Å². The van der Waals surface area contributed by atoms with Gasteiger partial charge in [-0.05, 0) is 44.9 Å². The standard InChI is InChI=1S/C54H104NO7P/c1-6-8-10-12-14-16-18-20-22-24-25-26-27-28-29-30-32-34-36-38-40-42-44-46-49-59-51-53(52-61-63(57,58)60-50-48-55(3,4)5)62-54(56)47-45-43-41-39-37-35-33-31-23-21-19-17-15-13-11-9-7-2/h9,11,15,17,21,23,53H,6-8,10,12-14,16,18-20,22,24-52H2,1-5H3/b11-9-,17-15-,23-21-. The van der Waals surface area contributed by atoms with Gasteiger partial charge in [0, 0.05) is 13.0 Å². The minimum atomic E-state index is -4.53. The van der Waals surface area contributed by atoms with E-state index < -0.39 is 13.9 Å². The smallest absolute Gasteiger partial charge is 0.306 e. The first-order valence-corrected chi connectivity index (χ1v) is 28.2. The van der Waals surface area contributed by atoms with Gasteiger partial charge in [0.05, 0.1) is 34.4 Å². The zero-order chi connectivity index (χ0) is 46.2. The van der Waals surface area contributed by atoms with Gasteiger partial charge in [0.1, 0.15) is 19.3 Å². The summed E-state index contributed by atoms with van der Waals surface area (Å²) in [5.41, 5.74) is 0. The van der Waals surface area contributed by atoms with Crippen molar-refractivity contribution in [2.24, 2.45) is 0 Å². The Balaban J connectivity index is 4.06. The number of hydrogen-bond donors (Lipinski definition) is 0. The third-order valence-electron chi connectivity index (χ3n) is 11.7. The molecule has 8 nitrogen and oxygen atoms in total. The maximum Gasteiger partial charge on any atom is 0.306 e. The molecular formula is C54H104NO7P. The summed E-state index contributed by atoms with van der Waals surface area (Å²) in [6, 6.07) is 0. The van der Waals surface area contributed by atoms with Crippen LogP contribution in [0.1, 0.15) is 245 Å². The highest BCUT2D eigenvalue weighted by Gasteiger charge is 2.20. The molecule has 0 N–H and O–H groups in total. The minimum Gasteiger partial charge on any atom is -0.756 e. The molecular weight excluding hydrogens is 806 g/mol. The van der Waals surface area contributed by atoms with Gasteiger partial charge in [-0.2, -0.15) is 0 Å². The van der Waals surface area contributed by atoms with Crippen LogP contribution in [0.15, 0.2) is 36.5 Å². The number of phosphoric acid groups is 1. The van der Waals surface area contributed by atoms with E-state index in [9.17, 15) is 14.3 Å². The van der Waals surface area contributed by atoms with Crippen LogP contribution in [0, 0.1) is 0 Å². The maximum absolute atomic E-state index is 12.7. The first-order valence-electron chi connectivity index (χ1n) is 26.7. The van der Waals surface area contributed by atoms with Crippen LogP contribution in [-0.4, -0.2) is 70.7 Å². The molecule has 0 fully saturated rings. The van der Waals surface area contributed by atoms with Crippen LogP contribution in [0.2, 0.25) is 0 Å². The molecule has 372 valence electrons. The summed E-state index contributed by atoms with van der Waals surface area (Å²) < 4.78 is 34.8. The number of rotatable bonds is 50. The average molecular weight is 910 g/mol. The Labute approximate surface area is 391 Å². The first-order chi connectivity index (χ1) is 30.6. The molecule has 0 heterocycles. The van der Waals surface area contributed by atoms with Crippen LogP contribution in [0.4, 0.5) is 0 Å². The molecule has 2 unspecified atom stereocenters. The summed E-state index contributed by atoms with van der Waals surface area (Å²) >= 11 is 0. The van der Waals surface area contributed by atoms with E-state index in [0.29, 0.717) is 24.1 Å². The van der Waals surface area contributed by atoms with Crippen LogP contribution in [-0.2, 0) is 27.9 Å². The largest absolute Gasteiger partial charge is 0.756 e. The molecule has 0 aromatic rings. The Bertz CT molecular complexity index is 1100. The number of allylic oxidation sites excluding steroid dienone is 6. The second kappa shape index (κ2) is 47.2. The van der Waals surface area contributed by atoms with Crippen LogP contribution in [0.25, 0.3) is 0 Å². The van der Waals surface area contributed by atoms with Crippen molar-refractivity contribution in [3.8, 4) is 0 Å². The van der Waals surface area contributed by atoms with Crippen molar-refractivity contribution in [2.45, 2.75) is 251 Å². The lowest BCUT2D eigenvalue weighted by atomic mass is 10.0. The summed E-state index contributed by atoms with van der Waals surface area (Å²) in [4.78, 5) is 25.2. The fourth-order valence-electron chi connectivity index (χ4n) is 7.62. The SMILES string of the molecule is CC/C=C\C/C=C\C/C=C\CCCCCCCCCC(=O)OC(COCCCCCCCCCCCCCCCCCCCCCCCCCC)COP(=O)([O-])OCC[N+](C)(C)C. The van der Waals surface area contributed by atoms with E-state index in [1.807, 2.05) is 21.1 Å². The zero-order valence-corrected chi connectivity index (χ0v) is 43.2. The molecule has 9 heteroatoms. The molecule has 0 bridgehead atoms. The van der Waals surface area contributed by atoms with Crippen LogP contribution < -0.4 is 4.89 Å². The fourth-order valence-corrected chi connectivity index (χ4v) is 8.35. The molecule has 0 radical (unpaired) electrons. The minimum absolute atomic E-state index is 0.0251. The van der Waals surface area contributed by atoms with E-state index in [0.717, 1.165) is 57.8 Å². The highest BCUT2D eigenvalue weighted by atomic mass is 31.2. The Morgan fingerprint density at radius 3 is 1.38 bits per heavy atom. The normalized spacial score (nSPS) is 13.8. The fraction of sp³-hybridized carbons (Fsp3) is 0.870. The highest BCUT2D eigenvalue weighted by Crippen LogP contribution is 2.38. The predicted molar refractivity (Wildman–Crippen MR) is 268 cm³/mol. The number of phosphoric ester groups is 1. The molecule has 2 atom stereocenters. The van der Waals surface area contributed by atoms with Crippen molar-refractivity contribution >= 4 is 13.8 Å². The average Bonchev–Trinajstić information content (AvgIpc) is 3.24. The lowest BCUT2D eigenvalue weighted by Crippen LogP contribution is -2.37. The summed E-state index contributed by atoms with van der Waals surface area (Å²) in [6.07, 6.45) is 57.5. The van der Waals surface area contributed by atoms with Crippen molar-refractivity contribution in [1.29, 1.82) is 0 Å². The Morgan fingerprint density at radius 2 is 0.921 bits per heavy atom. The van der Waals surface area contributed by atoms with Gasteiger partial charge in [0.15, 0.2) is 0 Å². The van der Waals surface area contributed by atoms with E-state index in [1.54, 1.807) is 0 Å². The molecule has 0 aliphatic rings. The Hall–Kier alpha value is -1.28. The quantitative estimate of drug-likeness (QED) is 0.0197. The van der Waals surface area contributed by atoms with Crippen molar-refractivity contribution in [1.82, 2.24) is 0 Å². The number of likely N-dealkylation sites (N-methyl/N-ethyl adjacent to an activating group) is 1. The van der Waals surface area contributed by atoms with Crippen LogP contribution in [0.5, 0.6) is 0 Å². The van der Waals surface area contributed by atoms with Crippen LogP contribution in [0.3, 0.4) is 0 Å². The van der Waals surface area contributed by atoms with Gasteiger partial charge in [-0.15, -0.1) is 0 Å². The summed E-state index contributed by atoms with van der Waals surface area (Å²) in [5.74, 6) is -0.340. The lowest BCUT2D eigenvalue weighted by molar-refractivity contribution is -0.870. The number of carbonyl (C=O) groups is 1. The molecule has 0 aromatic heterocycles.